The summed E-state index contributed by atoms with van der Waals surface area (Å²) in [5.41, 5.74) is 0.668. The molecule has 6 rings (SSSR count). The number of methoxy groups -OCH3 is 1. The van der Waals surface area contributed by atoms with E-state index in [2.05, 4.69) is 5.32 Å². The lowest BCUT2D eigenvalue weighted by molar-refractivity contribution is -0.246. The van der Waals surface area contributed by atoms with Crippen molar-refractivity contribution in [1.82, 2.24) is 0 Å². The van der Waals surface area contributed by atoms with Crippen LogP contribution in [0.2, 0.25) is 0 Å². The molecule has 1 N–H and O–H groups in total. The zero-order valence-corrected chi connectivity index (χ0v) is 19.1. The van der Waals surface area contributed by atoms with Gasteiger partial charge < -0.3 is 33.7 Å². The molecule has 33 heavy (non-hydrogen) atoms. The monoisotopic (exact) mass is 459 g/mol. The van der Waals surface area contributed by atoms with Crippen molar-refractivity contribution >= 4 is 11.6 Å². The molecule has 5 fully saturated rings. The van der Waals surface area contributed by atoms with Gasteiger partial charge in [-0.25, -0.2) is 0 Å². The third kappa shape index (κ3) is 3.96. The number of benzene rings is 1. The first kappa shape index (κ1) is 21.8. The molecule has 3 heterocycles. The second-order valence-electron chi connectivity index (χ2n) is 9.95. The first-order valence-electron chi connectivity index (χ1n) is 12.4. The fourth-order valence-electron chi connectivity index (χ4n) is 6.06. The SMILES string of the molecule is COc1ccc(NC(=O)[C@@H]2O[C@H]3OC4(CCCCC4)O[C@H]3[C@@H]3OC4(CCCCC4)O[C@@H]32)cc1. The van der Waals surface area contributed by atoms with E-state index in [4.69, 9.17) is 28.4 Å². The maximum absolute atomic E-state index is 13.4. The zero-order valence-electron chi connectivity index (χ0n) is 19.1. The number of anilines is 1. The minimum atomic E-state index is -0.845. The molecule has 3 aliphatic heterocycles. The van der Waals surface area contributed by atoms with Crippen LogP contribution in [0.25, 0.3) is 0 Å². The zero-order chi connectivity index (χ0) is 22.5. The normalized spacial score (nSPS) is 36.3. The summed E-state index contributed by atoms with van der Waals surface area (Å²) in [5, 5.41) is 2.97. The maximum atomic E-state index is 13.4. The Morgan fingerprint density at radius 2 is 1.39 bits per heavy atom. The number of hydrogen-bond acceptors (Lipinski definition) is 7. The minimum absolute atomic E-state index is 0.265. The number of nitrogens with one attached hydrogen (secondary N) is 1. The van der Waals surface area contributed by atoms with Crippen LogP contribution in [-0.2, 0) is 28.5 Å². The number of rotatable bonds is 3. The van der Waals surface area contributed by atoms with E-state index < -0.39 is 36.2 Å². The average molecular weight is 460 g/mol. The summed E-state index contributed by atoms with van der Waals surface area (Å²) >= 11 is 0. The Bertz CT molecular complexity index is 862. The van der Waals surface area contributed by atoms with E-state index >= 15 is 0 Å². The highest BCUT2D eigenvalue weighted by molar-refractivity contribution is 5.94. The predicted octanol–water partition coefficient (Wildman–Crippen LogP) is 3.88. The van der Waals surface area contributed by atoms with Crippen LogP contribution in [-0.4, -0.2) is 55.3 Å². The number of carbonyl (C=O) groups is 1. The van der Waals surface area contributed by atoms with Gasteiger partial charge >= 0.3 is 0 Å². The lowest BCUT2D eigenvalue weighted by Gasteiger charge is -2.36. The first-order chi connectivity index (χ1) is 16.1. The Morgan fingerprint density at radius 3 is 2.03 bits per heavy atom. The van der Waals surface area contributed by atoms with Gasteiger partial charge in [0.05, 0.1) is 7.11 Å². The molecule has 0 bridgehead atoms. The molecule has 1 amide bonds. The van der Waals surface area contributed by atoms with Crippen LogP contribution in [0.3, 0.4) is 0 Å². The first-order valence-corrected chi connectivity index (χ1v) is 12.4. The fourth-order valence-corrected chi connectivity index (χ4v) is 6.06. The fraction of sp³-hybridized carbons (Fsp3) is 0.720. The predicted molar refractivity (Wildman–Crippen MR) is 118 cm³/mol. The molecule has 0 aromatic heterocycles. The number of ether oxygens (including phenoxy) is 6. The van der Waals surface area contributed by atoms with Gasteiger partial charge in [-0.1, -0.05) is 12.8 Å². The molecule has 2 spiro atoms. The minimum Gasteiger partial charge on any atom is -0.497 e. The van der Waals surface area contributed by atoms with Gasteiger partial charge in [-0.3, -0.25) is 4.79 Å². The highest BCUT2D eigenvalue weighted by Gasteiger charge is 2.65. The van der Waals surface area contributed by atoms with Crippen molar-refractivity contribution in [2.75, 3.05) is 12.4 Å². The molecule has 2 saturated carbocycles. The highest BCUT2D eigenvalue weighted by atomic mass is 16.9. The number of hydrogen-bond donors (Lipinski definition) is 1. The number of carbonyl (C=O) groups excluding carboxylic acids is 1. The summed E-state index contributed by atoms with van der Waals surface area (Å²) in [5.74, 6) is -0.828. The Kier molecular flexibility index (Phi) is 5.62. The van der Waals surface area contributed by atoms with Crippen LogP contribution in [0.4, 0.5) is 5.69 Å². The van der Waals surface area contributed by atoms with E-state index in [-0.39, 0.29) is 12.0 Å². The molecule has 8 nitrogen and oxygen atoms in total. The summed E-state index contributed by atoms with van der Waals surface area (Å²) in [4.78, 5) is 13.4. The summed E-state index contributed by atoms with van der Waals surface area (Å²) in [6, 6.07) is 7.23. The van der Waals surface area contributed by atoms with Gasteiger partial charge in [0.2, 0.25) is 0 Å². The molecule has 0 radical (unpaired) electrons. The van der Waals surface area contributed by atoms with Crippen molar-refractivity contribution in [2.45, 2.75) is 106 Å². The quantitative estimate of drug-likeness (QED) is 0.734. The Hall–Kier alpha value is -1.71. The van der Waals surface area contributed by atoms with Crippen LogP contribution in [0, 0.1) is 0 Å². The van der Waals surface area contributed by atoms with E-state index in [0.717, 1.165) is 57.1 Å². The Balaban J connectivity index is 1.25. The molecule has 5 aliphatic rings. The smallest absolute Gasteiger partial charge is 0.256 e. The molecule has 1 aromatic carbocycles. The van der Waals surface area contributed by atoms with Gasteiger partial charge in [0.1, 0.15) is 24.1 Å². The Morgan fingerprint density at radius 1 is 0.818 bits per heavy atom. The van der Waals surface area contributed by atoms with Crippen LogP contribution >= 0.6 is 0 Å². The third-order valence-corrected chi connectivity index (χ3v) is 7.73. The van der Waals surface area contributed by atoms with Gasteiger partial charge in [0.15, 0.2) is 24.0 Å². The van der Waals surface area contributed by atoms with Crippen molar-refractivity contribution in [3.05, 3.63) is 24.3 Å². The van der Waals surface area contributed by atoms with Crippen LogP contribution in [0.5, 0.6) is 5.75 Å². The van der Waals surface area contributed by atoms with Crippen molar-refractivity contribution in [3.8, 4) is 5.75 Å². The number of fused-ring (bicyclic) bond motifs is 3. The molecular weight excluding hydrogens is 426 g/mol. The van der Waals surface area contributed by atoms with Crippen molar-refractivity contribution < 1.29 is 33.2 Å². The highest BCUT2D eigenvalue weighted by Crippen LogP contribution is 2.51. The summed E-state index contributed by atoms with van der Waals surface area (Å²) in [6.07, 6.45) is 7.14. The second-order valence-corrected chi connectivity index (χ2v) is 9.95. The Labute approximate surface area is 194 Å². The molecule has 0 unspecified atom stereocenters. The lowest BCUT2D eigenvalue weighted by atomic mass is 9.94. The van der Waals surface area contributed by atoms with Gasteiger partial charge in [-0.05, 0) is 49.9 Å². The topological polar surface area (TPSA) is 84.5 Å². The van der Waals surface area contributed by atoms with E-state index in [0.29, 0.717) is 5.69 Å². The maximum Gasteiger partial charge on any atom is 0.256 e. The lowest BCUT2D eigenvalue weighted by Crippen LogP contribution is -2.58. The van der Waals surface area contributed by atoms with E-state index in [1.54, 1.807) is 19.2 Å². The number of amides is 1. The van der Waals surface area contributed by atoms with Crippen molar-refractivity contribution in [1.29, 1.82) is 0 Å². The van der Waals surface area contributed by atoms with E-state index in [1.807, 2.05) is 12.1 Å². The van der Waals surface area contributed by atoms with E-state index in [9.17, 15) is 4.79 Å². The van der Waals surface area contributed by atoms with Gasteiger partial charge in [0.25, 0.3) is 5.91 Å². The van der Waals surface area contributed by atoms with Crippen LogP contribution < -0.4 is 10.1 Å². The van der Waals surface area contributed by atoms with E-state index in [1.165, 1.54) is 12.8 Å². The van der Waals surface area contributed by atoms with Gasteiger partial charge in [-0.15, -0.1) is 0 Å². The average Bonchev–Trinajstić information content (AvgIpc) is 3.37. The molecule has 2 aliphatic carbocycles. The summed E-state index contributed by atoms with van der Waals surface area (Å²) in [7, 11) is 1.61. The molecule has 8 heteroatoms. The largest absolute Gasteiger partial charge is 0.497 e. The van der Waals surface area contributed by atoms with Gasteiger partial charge in [0, 0.05) is 31.4 Å². The molecule has 180 valence electrons. The molecular formula is C25H33NO7. The molecule has 1 aromatic rings. The third-order valence-electron chi connectivity index (χ3n) is 7.73. The standard InChI is InChI=1S/C25H33NO7/c1-28-17-10-8-16(9-11-17)26-22(27)20-18-19(31-24(30-18)12-4-2-5-13-24)21-23(29-20)33-25(32-21)14-6-3-7-15-25/h8-11,18-21,23H,2-7,12-15H2,1H3,(H,26,27)/t18-,19+,20+,21-,23-/m0/s1. The van der Waals surface area contributed by atoms with Gasteiger partial charge in [-0.2, -0.15) is 0 Å². The summed E-state index contributed by atoms with van der Waals surface area (Å²) < 4.78 is 37.5. The molecule has 5 atom stereocenters. The van der Waals surface area contributed by atoms with Crippen LogP contribution in [0.15, 0.2) is 24.3 Å². The summed E-state index contributed by atoms with van der Waals surface area (Å²) in [6.45, 7) is 0. The van der Waals surface area contributed by atoms with Crippen molar-refractivity contribution in [2.24, 2.45) is 0 Å². The second kappa shape index (κ2) is 8.50. The molecule has 3 saturated heterocycles. The van der Waals surface area contributed by atoms with Crippen LogP contribution in [0.1, 0.15) is 64.2 Å². The van der Waals surface area contributed by atoms with Crippen molar-refractivity contribution in [3.63, 3.8) is 0 Å².